The fourth-order valence-electron chi connectivity index (χ4n) is 0.915. The molecule has 0 aliphatic carbocycles. The highest BCUT2D eigenvalue weighted by Crippen LogP contribution is 2.19. The first-order chi connectivity index (χ1) is 5.94. The summed E-state index contributed by atoms with van der Waals surface area (Å²) in [4.78, 5) is 0.363. The summed E-state index contributed by atoms with van der Waals surface area (Å²) in [5.41, 5.74) is 1.06. The quantitative estimate of drug-likeness (QED) is 0.768. The van der Waals surface area contributed by atoms with Crippen LogP contribution in [-0.2, 0) is 9.84 Å². The van der Waals surface area contributed by atoms with Gasteiger partial charge in [-0.25, -0.2) is 8.42 Å². The van der Waals surface area contributed by atoms with E-state index in [1.54, 1.807) is 31.2 Å². The van der Waals surface area contributed by atoms with Gasteiger partial charge in [0.15, 0.2) is 9.84 Å². The van der Waals surface area contributed by atoms with Gasteiger partial charge in [0.2, 0.25) is 0 Å². The Morgan fingerprint density at radius 2 is 1.69 bits per heavy atom. The van der Waals surface area contributed by atoms with Crippen LogP contribution >= 0.6 is 15.9 Å². The molecular weight excluding hydrogens is 252 g/mol. The van der Waals surface area contributed by atoms with Crippen molar-refractivity contribution >= 4 is 25.8 Å². The number of hydrogen-bond acceptors (Lipinski definition) is 2. The minimum Gasteiger partial charge on any atom is -0.223 e. The van der Waals surface area contributed by atoms with Gasteiger partial charge in [-0.1, -0.05) is 33.6 Å². The van der Waals surface area contributed by atoms with Gasteiger partial charge in [0, 0.05) is 0 Å². The third-order valence-electron chi connectivity index (χ3n) is 1.78. The first-order valence-corrected chi connectivity index (χ1v) is 6.35. The highest BCUT2D eigenvalue weighted by molar-refractivity contribution is 9.11. The Labute approximate surface area is 87.0 Å². The largest absolute Gasteiger partial charge is 0.223 e. The Kier molecular flexibility index (Phi) is 3.14. The van der Waals surface area contributed by atoms with E-state index in [4.69, 9.17) is 0 Å². The average molecular weight is 263 g/mol. The summed E-state index contributed by atoms with van der Waals surface area (Å²) in [6.45, 7) is 3.53. The summed E-state index contributed by atoms with van der Waals surface area (Å²) in [6.07, 6.45) is 0. The number of alkyl halides is 1. The minimum absolute atomic E-state index is 0.363. The Balaban J connectivity index is 3.17. The predicted octanol–water partition coefficient (Wildman–Crippen LogP) is 2.51. The van der Waals surface area contributed by atoms with Crippen molar-refractivity contribution in [2.24, 2.45) is 0 Å². The average Bonchev–Trinajstić information content (AvgIpc) is 2.04. The van der Waals surface area contributed by atoms with Crippen molar-refractivity contribution in [2.75, 3.05) is 0 Å². The molecular formula is C9H11BrO2S. The van der Waals surface area contributed by atoms with Crippen LogP contribution in [0.2, 0.25) is 0 Å². The molecule has 72 valence electrons. The second-order valence-electron chi connectivity index (χ2n) is 2.90. The lowest BCUT2D eigenvalue weighted by molar-refractivity contribution is 0.595. The van der Waals surface area contributed by atoms with Gasteiger partial charge in [0.25, 0.3) is 0 Å². The number of aryl methyl sites for hydroxylation is 1. The molecule has 0 spiro atoms. The fourth-order valence-corrected chi connectivity index (χ4v) is 2.45. The molecule has 0 bridgehead atoms. The van der Waals surface area contributed by atoms with Crippen LogP contribution in [0.25, 0.3) is 0 Å². The molecule has 0 amide bonds. The molecule has 1 rings (SSSR count). The summed E-state index contributed by atoms with van der Waals surface area (Å²) in [6, 6.07) is 6.84. The van der Waals surface area contributed by atoms with Crippen molar-refractivity contribution in [3.05, 3.63) is 29.8 Å². The molecule has 1 unspecified atom stereocenters. The van der Waals surface area contributed by atoms with Crippen molar-refractivity contribution < 1.29 is 8.42 Å². The third kappa shape index (κ3) is 2.31. The first-order valence-electron chi connectivity index (χ1n) is 3.89. The number of benzene rings is 1. The van der Waals surface area contributed by atoms with Crippen molar-refractivity contribution in [1.29, 1.82) is 0 Å². The minimum atomic E-state index is -3.18. The van der Waals surface area contributed by atoms with E-state index >= 15 is 0 Å². The predicted molar refractivity (Wildman–Crippen MR) is 56.8 cm³/mol. The molecule has 1 aromatic rings. The molecule has 0 aliphatic heterocycles. The molecule has 0 heterocycles. The monoisotopic (exact) mass is 262 g/mol. The van der Waals surface area contributed by atoms with Gasteiger partial charge in [0.05, 0.1) is 4.90 Å². The molecule has 0 saturated carbocycles. The molecule has 0 saturated heterocycles. The molecule has 0 N–H and O–H groups in total. The number of hydrogen-bond donors (Lipinski definition) is 0. The lowest BCUT2D eigenvalue weighted by Crippen LogP contribution is -2.10. The van der Waals surface area contributed by atoms with E-state index in [2.05, 4.69) is 15.9 Å². The van der Waals surface area contributed by atoms with E-state index in [1.165, 1.54) is 0 Å². The maximum atomic E-state index is 11.6. The summed E-state index contributed by atoms with van der Waals surface area (Å²) < 4.78 is 22.7. The van der Waals surface area contributed by atoms with Gasteiger partial charge >= 0.3 is 0 Å². The van der Waals surface area contributed by atoms with Crippen molar-refractivity contribution in [2.45, 2.75) is 22.9 Å². The van der Waals surface area contributed by atoms with Crippen LogP contribution in [0.15, 0.2) is 29.2 Å². The molecule has 0 fully saturated rings. The van der Waals surface area contributed by atoms with E-state index in [-0.39, 0.29) is 0 Å². The number of sulfone groups is 1. The van der Waals surface area contributed by atoms with E-state index in [0.717, 1.165) is 5.56 Å². The number of rotatable bonds is 2. The van der Waals surface area contributed by atoms with Crippen LogP contribution in [0.4, 0.5) is 0 Å². The van der Waals surface area contributed by atoms with E-state index < -0.39 is 14.0 Å². The van der Waals surface area contributed by atoms with Crippen molar-refractivity contribution in [1.82, 2.24) is 0 Å². The Morgan fingerprint density at radius 3 is 2.08 bits per heavy atom. The molecule has 2 nitrogen and oxygen atoms in total. The van der Waals surface area contributed by atoms with Gasteiger partial charge in [-0.05, 0) is 26.0 Å². The second-order valence-corrected chi connectivity index (χ2v) is 7.15. The smallest absolute Gasteiger partial charge is 0.190 e. The first kappa shape index (κ1) is 10.7. The van der Waals surface area contributed by atoms with Crippen LogP contribution in [0, 0.1) is 6.92 Å². The highest BCUT2D eigenvalue weighted by atomic mass is 79.9. The summed E-state index contributed by atoms with van der Waals surface area (Å²) >= 11 is 3.06. The second kappa shape index (κ2) is 3.80. The van der Waals surface area contributed by atoms with Crippen LogP contribution in [0.1, 0.15) is 12.5 Å². The van der Waals surface area contributed by atoms with E-state index in [9.17, 15) is 8.42 Å². The van der Waals surface area contributed by atoms with Crippen LogP contribution in [0.5, 0.6) is 0 Å². The van der Waals surface area contributed by atoms with Crippen molar-refractivity contribution in [3.8, 4) is 0 Å². The summed E-state index contributed by atoms with van der Waals surface area (Å²) in [5.74, 6) is 0. The van der Waals surface area contributed by atoms with Gasteiger partial charge in [-0.15, -0.1) is 0 Å². The molecule has 1 aromatic carbocycles. The Morgan fingerprint density at radius 1 is 1.23 bits per heavy atom. The van der Waals surface area contributed by atoms with E-state index in [0.29, 0.717) is 4.90 Å². The SMILES string of the molecule is Cc1ccc(S(=O)(=O)C(C)Br)cc1. The maximum Gasteiger partial charge on any atom is 0.190 e. The van der Waals surface area contributed by atoms with Gasteiger partial charge in [0.1, 0.15) is 4.16 Å². The summed E-state index contributed by atoms with van der Waals surface area (Å²) in [5, 5.41) is 0. The summed E-state index contributed by atoms with van der Waals surface area (Å²) in [7, 11) is -3.18. The zero-order valence-electron chi connectivity index (χ0n) is 7.49. The molecule has 0 aliphatic rings. The van der Waals surface area contributed by atoms with Gasteiger partial charge in [-0.2, -0.15) is 0 Å². The molecule has 1 atom stereocenters. The molecule has 0 radical (unpaired) electrons. The standard InChI is InChI=1S/C9H11BrO2S/c1-7-3-5-9(6-4-7)13(11,12)8(2)10/h3-6,8H,1-2H3. The van der Waals surface area contributed by atoms with Crippen LogP contribution < -0.4 is 0 Å². The number of halogens is 1. The maximum absolute atomic E-state index is 11.6. The molecule has 0 aromatic heterocycles. The van der Waals surface area contributed by atoms with Crippen LogP contribution in [-0.4, -0.2) is 12.6 Å². The van der Waals surface area contributed by atoms with E-state index in [1.807, 2.05) is 6.92 Å². The Bertz CT molecular complexity index is 379. The zero-order chi connectivity index (χ0) is 10.1. The van der Waals surface area contributed by atoms with Crippen molar-refractivity contribution in [3.63, 3.8) is 0 Å². The van der Waals surface area contributed by atoms with Gasteiger partial charge < -0.3 is 0 Å². The van der Waals surface area contributed by atoms with Gasteiger partial charge in [-0.3, -0.25) is 0 Å². The fraction of sp³-hybridized carbons (Fsp3) is 0.333. The Hall–Kier alpha value is -0.350. The molecule has 4 heteroatoms. The lowest BCUT2D eigenvalue weighted by atomic mass is 10.2. The highest BCUT2D eigenvalue weighted by Gasteiger charge is 2.19. The lowest BCUT2D eigenvalue weighted by Gasteiger charge is -2.05. The van der Waals surface area contributed by atoms with Crippen LogP contribution in [0.3, 0.4) is 0 Å². The third-order valence-corrected chi connectivity index (χ3v) is 5.04. The zero-order valence-corrected chi connectivity index (χ0v) is 9.89. The molecule has 13 heavy (non-hydrogen) atoms. The topological polar surface area (TPSA) is 34.1 Å². The normalized spacial score (nSPS) is 14.1.